The Morgan fingerprint density at radius 3 is 2.48 bits per heavy atom. The zero-order chi connectivity index (χ0) is 23.2. The second-order valence-corrected chi connectivity index (χ2v) is 7.29. The number of carbonyl (C=O) groups is 1. The van der Waals surface area contributed by atoms with Crippen molar-refractivity contribution in [2.45, 2.75) is 0 Å². The fraction of sp³-hybridized carbons (Fsp3) is 0.0800. The third-order valence-corrected chi connectivity index (χ3v) is 4.65. The lowest BCUT2D eigenvalue weighted by Gasteiger charge is -2.09. The van der Waals surface area contributed by atoms with Gasteiger partial charge in [0, 0.05) is 49.5 Å². The number of nitrogen functional groups attached to an aromatic ring is 1. The summed E-state index contributed by atoms with van der Waals surface area (Å²) >= 11 is 0. The molecule has 3 aromatic heterocycles. The van der Waals surface area contributed by atoms with Gasteiger partial charge in [0.2, 0.25) is 5.95 Å². The van der Waals surface area contributed by atoms with Crippen LogP contribution in [0.5, 0.6) is 0 Å². The number of nitrogens with two attached hydrogens (primary N) is 1. The highest BCUT2D eigenvalue weighted by Gasteiger charge is 2.09. The van der Waals surface area contributed by atoms with Crippen LogP contribution < -0.4 is 11.1 Å². The average Bonchev–Trinajstić information content (AvgIpc) is 2.84. The van der Waals surface area contributed by atoms with Crippen LogP contribution in [0.1, 0.15) is 21.6 Å². The summed E-state index contributed by atoms with van der Waals surface area (Å²) in [5.41, 5.74) is 10.2. The van der Waals surface area contributed by atoms with E-state index in [9.17, 15) is 4.79 Å². The Kier molecular flexibility index (Phi) is 6.23. The molecule has 0 fully saturated rings. The highest BCUT2D eigenvalue weighted by Crippen LogP contribution is 2.23. The van der Waals surface area contributed by atoms with Crippen LogP contribution in [0.2, 0.25) is 0 Å². The number of hydrogen-bond acceptors (Lipinski definition) is 7. The number of aromatic nitrogens is 4. The van der Waals surface area contributed by atoms with E-state index in [1.807, 2.05) is 42.5 Å². The molecule has 1 aromatic carbocycles. The maximum atomic E-state index is 12.1. The zero-order valence-electron chi connectivity index (χ0n) is 18.1. The molecule has 0 saturated heterocycles. The molecule has 0 atom stereocenters. The van der Waals surface area contributed by atoms with Crippen molar-refractivity contribution in [3.63, 3.8) is 0 Å². The first-order valence-corrected chi connectivity index (χ1v) is 10.1. The Hall–Kier alpha value is -4.77. The molecule has 0 aliphatic rings. The van der Waals surface area contributed by atoms with Crippen molar-refractivity contribution in [3.05, 3.63) is 90.0 Å². The van der Waals surface area contributed by atoms with Gasteiger partial charge in [-0.2, -0.15) is 4.98 Å². The van der Waals surface area contributed by atoms with E-state index in [-0.39, 0.29) is 5.91 Å². The normalized spacial score (nSPS) is 10.1. The Balaban J connectivity index is 1.45. The third-order valence-electron chi connectivity index (χ3n) is 4.65. The van der Waals surface area contributed by atoms with Crippen LogP contribution in [0.4, 0.5) is 17.5 Å². The van der Waals surface area contributed by atoms with Gasteiger partial charge in [-0.1, -0.05) is 12.0 Å². The lowest BCUT2D eigenvalue weighted by molar-refractivity contribution is 0.0827. The third kappa shape index (κ3) is 5.29. The SMILES string of the molecule is CN(C)C(=O)c1ccnc(C#Cc2ccc(Nc3ncc(-c4ccccn4)c(N)n3)cc2)c1. The van der Waals surface area contributed by atoms with Crippen LogP contribution in [0.3, 0.4) is 0 Å². The predicted molar refractivity (Wildman–Crippen MR) is 128 cm³/mol. The molecule has 0 bridgehead atoms. The van der Waals surface area contributed by atoms with Crippen LogP contribution in [-0.4, -0.2) is 44.8 Å². The van der Waals surface area contributed by atoms with Crippen molar-refractivity contribution in [1.82, 2.24) is 24.8 Å². The lowest BCUT2D eigenvalue weighted by atomic mass is 10.2. The number of nitrogens with zero attached hydrogens (tertiary/aromatic N) is 5. The number of carbonyl (C=O) groups excluding carboxylic acids is 1. The fourth-order valence-corrected chi connectivity index (χ4v) is 2.97. The maximum Gasteiger partial charge on any atom is 0.253 e. The van der Waals surface area contributed by atoms with E-state index in [2.05, 4.69) is 37.1 Å². The summed E-state index contributed by atoms with van der Waals surface area (Å²) < 4.78 is 0. The van der Waals surface area contributed by atoms with Crippen molar-refractivity contribution in [3.8, 4) is 23.1 Å². The van der Waals surface area contributed by atoms with Gasteiger partial charge in [0.15, 0.2) is 0 Å². The minimum Gasteiger partial charge on any atom is -0.383 e. The molecular formula is C25H21N7O. The first kappa shape index (κ1) is 21.5. The molecule has 8 nitrogen and oxygen atoms in total. The second-order valence-electron chi connectivity index (χ2n) is 7.29. The minimum absolute atomic E-state index is 0.0909. The number of anilines is 3. The Bertz CT molecular complexity index is 1340. The smallest absolute Gasteiger partial charge is 0.253 e. The van der Waals surface area contributed by atoms with Crippen molar-refractivity contribution >= 4 is 23.4 Å². The Morgan fingerprint density at radius 2 is 1.79 bits per heavy atom. The fourth-order valence-electron chi connectivity index (χ4n) is 2.97. The Morgan fingerprint density at radius 1 is 0.970 bits per heavy atom. The average molecular weight is 435 g/mol. The van der Waals surface area contributed by atoms with Gasteiger partial charge in [-0.15, -0.1) is 0 Å². The predicted octanol–water partition coefficient (Wildman–Crippen LogP) is 3.36. The first-order valence-electron chi connectivity index (χ1n) is 10.1. The molecular weight excluding hydrogens is 414 g/mol. The molecule has 3 N–H and O–H groups in total. The molecule has 0 spiro atoms. The quantitative estimate of drug-likeness (QED) is 0.473. The molecule has 0 unspecified atom stereocenters. The van der Waals surface area contributed by atoms with Gasteiger partial charge in [-0.05, 0) is 54.5 Å². The van der Waals surface area contributed by atoms with Gasteiger partial charge in [-0.3, -0.25) is 9.78 Å². The number of rotatable bonds is 4. The lowest BCUT2D eigenvalue weighted by Crippen LogP contribution is -2.21. The molecule has 4 aromatic rings. The van der Waals surface area contributed by atoms with E-state index in [0.29, 0.717) is 28.6 Å². The summed E-state index contributed by atoms with van der Waals surface area (Å²) in [6.45, 7) is 0. The van der Waals surface area contributed by atoms with E-state index in [1.54, 1.807) is 44.8 Å². The van der Waals surface area contributed by atoms with Gasteiger partial charge in [-0.25, -0.2) is 9.97 Å². The van der Waals surface area contributed by atoms with Crippen molar-refractivity contribution in [2.75, 3.05) is 25.1 Å². The molecule has 1 amide bonds. The molecule has 0 saturated carbocycles. The van der Waals surface area contributed by atoms with Gasteiger partial charge in [0.1, 0.15) is 11.5 Å². The van der Waals surface area contributed by atoms with Gasteiger partial charge in [0.05, 0.1) is 11.3 Å². The molecule has 0 aliphatic carbocycles. The molecule has 33 heavy (non-hydrogen) atoms. The first-order chi connectivity index (χ1) is 16.0. The summed E-state index contributed by atoms with van der Waals surface area (Å²) in [5, 5.41) is 3.13. The zero-order valence-corrected chi connectivity index (χ0v) is 18.1. The van der Waals surface area contributed by atoms with E-state index in [0.717, 1.165) is 16.9 Å². The largest absolute Gasteiger partial charge is 0.383 e. The van der Waals surface area contributed by atoms with E-state index in [4.69, 9.17) is 5.73 Å². The summed E-state index contributed by atoms with van der Waals surface area (Å²) in [6.07, 6.45) is 4.93. The van der Waals surface area contributed by atoms with Crippen molar-refractivity contribution in [2.24, 2.45) is 0 Å². The molecule has 4 rings (SSSR count). The monoisotopic (exact) mass is 435 g/mol. The van der Waals surface area contributed by atoms with Crippen molar-refractivity contribution in [1.29, 1.82) is 0 Å². The van der Waals surface area contributed by atoms with E-state index < -0.39 is 0 Å². The van der Waals surface area contributed by atoms with E-state index >= 15 is 0 Å². The molecule has 162 valence electrons. The van der Waals surface area contributed by atoms with Crippen LogP contribution in [0, 0.1) is 11.8 Å². The minimum atomic E-state index is -0.0909. The van der Waals surface area contributed by atoms with Crippen LogP contribution >= 0.6 is 0 Å². The molecule has 0 radical (unpaired) electrons. The standard InChI is InChI=1S/C25H21N7O/c1-32(2)24(33)18-12-14-27-20(15-18)11-8-17-6-9-19(10-7-17)30-25-29-16-21(23(26)31-25)22-5-3-4-13-28-22/h3-7,9-10,12-16H,1-2H3,(H3,26,29,30,31). The number of amides is 1. The number of pyridine rings is 2. The van der Waals surface area contributed by atoms with Gasteiger partial charge >= 0.3 is 0 Å². The van der Waals surface area contributed by atoms with Crippen LogP contribution in [0.25, 0.3) is 11.3 Å². The maximum absolute atomic E-state index is 12.1. The van der Waals surface area contributed by atoms with Crippen LogP contribution in [-0.2, 0) is 0 Å². The number of nitrogens with one attached hydrogen (secondary N) is 1. The second kappa shape index (κ2) is 9.58. The van der Waals surface area contributed by atoms with E-state index in [1.165, 1.54) is 4.90 Å². The number of hydrogen-bond donors (Lipinski definition) is 2. The summed E-state index contributed by atoms with van der Waals surface area (Å²) in [6, 6.07) is 16.4. The van der Waals surface area contributed by atoms with Gasteiger partial charge in [0.25, 0.3) is 5.91 Å². The van der Waals surface area contributed by atoms with Crippen molar-refractivity contribution < 1.29 is 4.79 Å². The molecule has 3 heterocycles. The topological polar surface area (TPSA) is 110 Å². The molecule has 0 aliphatic heterocycles. The summed E-state index contributed by atoms with van der Waals surface area (Å²) in [4.78, 5) is 30.8. The summed E-state index contributed by atoms with van der Waals surface area (Å²) in [7, 11) is 3.41. The highest BCUT2D eigenvalue weighted by atomic mass is 16.2. The molecule has 8 heteroatoms. The van der Waals surface area contributed by atoms with Crippen LogP contribution in [0.15, 0.2) is 73.2 Å². The summed E-state index contributed by atoms with van der Waals surface area (Å²) in [5.74, 6) is 6.69. The number of benzene rings is 1. The highest BCUT2D eigenvalue weighted by molar-refractivity contribution is 5.94. The Labute approximate surface area is 191 Å². The van der Waals surface area contributed by atoms with Gasteiger partial charge < -0.3 is 16.0 Å².